The number of carbonyl (C=O) groups is 3. The molecular formula is C14H23NO5. The number of likely N-dealkylation sites (tertiary alicyclic amines) is 1. The van der Waals surface area contributed by atoms with Gasteiger partial charge in [0, 0.05) is 12.5 Å². The number of carboxylic acid groups (broad SMARTS) is 1. The Kier molecular flexibility index (Phi) is 6.48. The smallest absolute Gasteiger partial charge is 0.326 e. The second-order valence-corrected chi connectivity index (χ2v) is 5.15. The van der Waals surface area contributed by atoms with E-state index in [-0.39, 0.29) is 12.3 Å². The maximum atomic E-state index is 12.5. The van der Waals surface area contributed by atoms with Crippen molar-refractivity contribution in [3.05, 3.63) is 0 Å². The van der Waals surface area contributed by atoms with Crippen molar-refractivity contribution in [2.24, 2.45) is 5.92 Å². The fraction of sp³-hybridized carbons (Fsp3) is 0.786. The van der Waals surface area contributed by atoms with Gasteiger partial charge in [0.1, 0.15) is 6.04 Å². The number of esters is 1. The van der Waals surface area contributed by atoms with Crippen LogP contribution in [0.2, 0.25) is 0 Å². The first-order valence-electron chi connectivity index (χ1n) is 7.11. The summed E-state index contributed by atoms with van der Waals surface area (Å²) in [5.41, 5.74) is 0. The van der Waals surface area contributed by atoms with Gasteiger partial charge in [0.15, 0.2) is 0 Å². The highest BCUT2D eigenvalue weighted by atomic mass is 16.5. The molecule has 1 saturated heterocycles. The first-order chi connectivity index (χ1) is 9.51. The fourth-order valence-corrected chi connectivity index (χ4v) is 2.57. The minimum Gasteiger partial charge on any atom is -0.480 e. The molecule has 0 bridgehead atoms. The van der Waals surface area contributed by atoms with E-state index >= 15 is 0 Å². The van der Waals surface area contributed by atoms with Crippen LogP contribution in [-0.2, 0) is 19.1 Å². The second-order valence-electron chi connectivity index (χ2n) is 5.15. The van der Waals surface area contributed by atoms with Crippen molar-refractivity contribution in [1.29, 1.82) is 0 Å². The van der Waals surface area contributed by atoms with Crippen molar-refractivity contribution < 1.29 is 24.2 Å². The van der Waals surface area contributed by atoms with E-state index in [2.05, 4.69) is 4.74 Å². The number of carboxylic acids is 1. The topological polar surface area (TPSA) is 83.9 Å². The third kappa shape index (κ3) is 4.21. The summed E-state index contributed by atoms with van der Waals surface area (Å²) >= 11 is 0. The van der Waals surface area contributed by atoms with Crippen LogP contribution in [0.5, 0.6) is 0 Å². The third-order valence-corrected chi connectivity index (χ3v) is 3.72. The lowest BCUT2D eigenvalue weighted by molar-refractivity contribution is -0.152. The molecule has 0 saturated carbocycles. The highest BCUT2D eigenvalue weighted by Gasteiger charge is 2.37. The quantitative estimate of drug-likeness (QED) is 0.715. The lowest BCUT2D eigenvalue weighted by Crippen LogP contribution is -2.44. The maximum Gasteiger partial charge on any atom is 0.326 e. The Labute approximate surface area is 119 Å². The van der Waals surface area contributed by atoms with Crippen LogP contribution in [0.4, 0.5) is 0 Å². The standard InChI is InChI=1S/C14H23NO5/c1-3-4-6-10(9-12(16)20-2)13(17)15-8-5-7-11(15)14(18)19/h10-11H,3-9H2,1-2H3,(H,18,19)/t10-,11+/m1/s1. The number of hydrogen-bond donors (Lipinski definition) is 1. The fourth-order valence-electron chi connectivity index (χ4n) is 2.57. The van der Waals surface area contributed by atoms with Crippen molar-refractivity contribution in [2.45, 2.75) is 51.5 Å². The molecule has 6 nitrogen and oxygen atoms in total. The summed E-state index contributed by atoms with van der Waals surface area (Å²) in [6, 6.07) is -0.746. The van der Waals surface area contributed by atoms with E-state index in [1.165, 1.54) is 12.0 Å². The van der Waals surface area contributed by atoms with Crippen LogP contribution in [0.25, 0.3) is 0 Å². The predicted octanol–water partition coefficient (Wildman–Crippen LogP) is 1.43. The van der Waals surface area contributed by atoms with E-state index in [4.69, 9.17) is 5.11 Å². The van der Waals surface area contributed by atoms with Crippen molar-refractivity contribution >= 4 is 17.8 Å². The number of aliphatic carboxylic acids is 1. The number of nitrogens with zero attached hydrogens (tertiary/aromatic N) is 1. The SMILES string of the molecule is CCCC[C@H](CC(=O)OC)C(=O)N1CCC[C@H]1C(=O)O. The Hall–Kier alpha value is -1.59. The van der Waals surface area contributed by atoms with Crippen LogP contribution in [-0.4, -0.2) is 47.5 Å². The van der Waals surface area contributed by atoms with E-state index in [0.717, 1.165) is 12.8 Å². The molecular weight excluding hydrogens is 262 g/mol. The summed E-state index contributed by atoms with van der Waals surface area (Å²) in [6.45, 7) is 2.47. The van der Waals surface area contributed by atoms with Crippen LogP contribution in [0, 0.1) is 5.92 Å². The lowest BCUT2D eigenvalue weighted by atomic mass is 9.96. The average Bonchev–Trinajstić information content (AvgIpc) is 2.91. The molecule has 2 atom stereocenters. The van der Waals surface area contributed by atoms with Gasteiger partial charge in [-0.25, -0.2) is 4.79 Å². The molecule has 1 amide bonds. The van der Waals surface area contributed by atoms with Crippen LogP contribution in [0.15, 0.2) is 0 Å². The predicted molar refractivity (Wildman–Crippen MR) is 72.0 cm³/mol. The van der Waals surface area contributed by atoms with Gasteiger partial charge >= 0.3 is 11.9 Å². The van der Waals surface area contributed by atoms with E-state index in [9.17, 15) is 14.4 Å². The average molecular weight is 285 g/mol. The van der Waals surface area contributed by atoms with Gasteiger partial charge in [-0.05, 0) is 19.3 Å². The first kappa shape index (κ1) is 16.5. The zero-order valence-electron chi connectivity index (χ0n) is 12.1. The lowest BCUT2D eigenvalue weighted by Gasteiger charge is -2.26. The molecule has 0 aromatic rings. The molecule has 1 aliphatic heterocycles. The zero-order chi connectivity index (χ0) is 15.1. The summed E-state index contributed by atoms with van der Waals surface area (Å²) in [5, 5.41) is 9.13. The number of methoxy groups -OCH3 is 1. The zero-order valence-corrected chi connectivity index (χ0v) is 12.1. The van der Waals surface area contributed by atoms with Gasteiger partial charge in [-0.3, -0.25) is 9.59 Å². The number of unbranched alkanes of at least 4 members (excludes halogenated alkanes) is 1. The Morgan fingerprint density at radius 3 is 2.65 bits per heavy atom. The van der Waals surface area contributed by atoms with E-state index in [1.54, 1.807) is 0 Å². The molecule has 0 aliphatic carbocycles. The molecule has 0 unspecified atom stereocenters. The largest absolute Gasteiger partial charge is 0.480 e. The van der Waals surface area contributed by atoms with E-state index in [0.29, 0.717) is 25.8 Å². The molecule has 0 spiro atoms. The molecule has 20 heavy (non-hydrogen) atoms. The Morgan fingerprint density at radius 1 is 1.40 bits per heavy atom. The highest BCUT2D eigenvalue weighted by molar-refractivity contribution is 5.88. The van der Waals surface area contributed by atoms with Gasteiger partial charge in [-0.15, -0.1) is 0 Å². The third-order valence-electron chi connectivity index (χ3n) is 3.72. The number of ether oxygens (including phenoxy) is 1. The molecule has 1 heterocycles. The highest BCUT2D eigenvalue weighted by Crippen LogP contribution is 2.24. The minimum absolute atomic E-state index is 0.0260. The number of rotatable bonds is 7. The van der Waals surface area contributed by atoms with Crippen LogP contribution >= 0.6 is 0 Å². The van der Waals surface area contributed by atoms with Gasteiger partial charge in [0.05, 0.1) is 13.5 Å². The molecule has 1 aliphatic rings. The number of amides is 1. The summed E-state index contributed by atoms with van der Waals surface area (Å²) < 4.78 is 4.62. The maximum absolute atomic E-state index is 12.5. The summed E-state index contributed by atoms with van der Waals surface area (Å²) in [6.07, 6.45) is 3.55. The molecule has 0 aromatic carbocycles. The van der Waals surface area contributed by atoms with E-state index < -0.39 is 23.9 Å². The summed E-state index contributed by atoms with van der Waals surface area (Å²) in [4.78, 5) is 36.4. The Balaban J connectivity index is 2.75. The second kappa shape index (κ2) is 7.87. The van der Waals surface area contributed by atoms with Crippen LogP contribution < -0.4 is 0 Å². The molecule has 1 fully saturated rings. The summed E-state index contributed by atoms with van der Waals surface area (Å²) in [7, 11) is 1.29. The van der Waals surface area contributed by atoms with Gasteiger partial charge < -0.3 is 14.7 Å². The number of hydrogen-bond acceptors (Lipinski definition) is 4. The Bertz CT molecular complexity index is 369. The molecule has 6 heteroatoms. The number of carbonyl (C=O) groups excluding carboxylic acids is 2. The molecule has 114 valence electrons. The minimum atomic E-state index is -0.969. The molecule has 0 aromatic heterocycles. The normalized spacial score (nSPS) is 19.7. The Morgan fingerprint density at radius 2 is 2.10 bits per heavy atom. The van der Waals surface area contributed by atoms with E-state index in [1.807, 2.05) is 6.92 Å². The van der Waals surface area contributed by atoms with Crippen LogP contribution in [0.1, 0.15) is 45.4 Å². The molecule has 0 radical (unpaired) electrons. The van der Waals surface area contributed by atoms with Crippen molar-refractivity contribution in [2.75, 3.05) is 13.7 Å². The molecule has 1 N–H and O–H groups in total. The first-order valence-corrected chi connectivity index (χ1v) is 7.11. The van der Waals surface area contributed by atoms with Crippen molar-refractivity contribution in [1.82, 2.24) is 4.90 Å². The van der Waals surface area contributed by atoms with Gasteiger partial charge in [0.25, 0.3) is 0 Å². The van der Waals surface area contributed by atoms with Gasteiger partial charge in [-0.1, -0.05) is 19.8 Å². The van der Waals surface area contributed by atoms with Crippen LogP contribution in [0.3, 0.4) is 0 Å². The van der Waals surface area contributed by atoms with Crippen molar-refractivity contribution in [3.63, 3.8) is 0 Å². The van der Waals surface area contributed by atoms with Gasteiger partial charge in [0.2, 0.25) is 5.91 Å². The summed E-state index contributed by atoms with van der Waals surface area (Å²) in [5.74, 6) is -2.09. The molecule has 1 rings (SSSR count). The van der Waals surface area contributed by atoms with Gasteiger partial charge in [-0.2, -0.15) is 0 Å². The van der Waals surface area contributed by atoms with Crippen molar-refractivity contribution in [3.8, 4) is 0 Å². The monoisotopic (exact) mass is 285 g/mol.